The van der Waals surface area contributed by atoms with Crippen molar-refractivity contribution >= 4 is 22.8 Å². The van der Waals surface area contributed by atoms with E-state index in [1.54, 1.807) is 0 Å². The van der Waals surface area contributed by atoms with Gasteiger partial charge in [0, 0.05) is 18.7 Å². The van der Waals surface area contributed by atoms with Gasteiger partial charge in [0.05, 0.1) is 4.88 Å². The molecule has 3 nitrogen and oxygen atoms in total. The van der Waals surface area contributed by atoms with E-state index < -0.39 is 0 Å². The maximum atomic E-state index is 11.2. The largest absolute Gasteiger partial charge is 0.365 e. The molecule has 1 aliphatic heterocycles. The molecule has 1 amide bonds. The molecule has 0 aliphatic carbocycles. The van der Waals surface area contributed by atoms with Crippen LogP contribution in [-0.2, 0) is 0 Å². The van der Waals surface area contributed by atoms with Gasteiger partial charge in [0.25, 0.3) is 5.91 Å². The average Bonchev–Trinajstić information content (AvgIpc) is 2.67. The Labute approximate surface area is 93.2 Å². The summed E-state index contributed by atoms with van der Waals surface area (Å²) in [6.45, 7) is 1.99. The van der Waals surface area contributed by atoms with E-state index in [-0.39, 0.29) is 5.91 Å². The quantitative estimate of drug-likeness (QED) is 0.825. The maximum absolute atomic E-state index is 11.2. The van der Waals surface area contributed by atoms with Crippen molar-refractivity contribution in [3.05, 3.63) is 28.0 Å². The maximum Gasteiger partial charge on any atom is 0.259 e. The van der Waals surface area contributed by atoms with E-state index in [4.69, 9.17) is 5.73 Å². The first-order valence-corrected chi connectivity index (χ1v) is 5.81. The molecule has 2 N–H and O–H groups in total. The minimum absolute atomic E-state index is 0.320. The molecule has 4 heteroatoms. The Bertz CT molecular complexity index is 408. The van der Waals surface area contributed by atoms with E-state index in [0.717, 1.165) is 25.1 Å². The summed E-state index contributed by atoms with van der Waals surface area (Å²) in [5, 5.41) is 1.93. The number of hydrogen-bond acceptors (Lipinski definition) is 3. The molecule has 1 aliphatic rings. The van der Waals surface area contributed by atoms with Crippen LogP contribution in [0.25, 0.3) is 5.57 Å². The smallest absolute Gasteiger partial charge is 0.259 e. The molecule has 2 heterocycles. The third kappa shape index (κ3) is 2.11. The zero-order valence-electron chi connectivity index (χ0n) is 8.69. The lowest BCUT2D eigenvalue weighted by molar-refractivity contribution is 0.100. The molecule has 15 heavy (non-hydrogen) atoms. The fourth-order valence-electron chi connectivity index (χ4n) is 1.77. The highest BCUT2D eigenvalue weighted by molar-refractivity contribution is 7.12. The first-order chi connectivity index (χ1) is 7.18. The van der Waals surface area contributed by atoms with Gasteiger partial charge in [-0.2, -0.15) is 0 Å². The number of carbonyl (C=O) groups excluding carboxylic acids is 1. The number of likely N-dealkylation sites (N-methyl/N-ethyl adjacent to an activating group) is 1. The van der Waals surface area contributed by atoms with Crippen LogP contribution in [0, 0.1) is 0 Å². The summed E-state index contributed by atoms with van der Waals surface area (Å²) in [5.74, 6) is -0.320. The second-order valence-corrected chi connectivity index (χ2v) is 4.69. The van der Waals surface area contributed by atoms with E-state index >= 15 is 0 Å². The third-order valence-electron chi connectivity index (χ3n) is 2.65. The number of rotatable bonds is 2. The number of thiophene rings is 1. The molecule has 1 aromatic heterocycles. The topological polar surface area (TPSA) is 46.3 Å². The predicted molar refractivity (Wildman–Crippen MR) is 62.9 cm³/mol. The lowest BCUT2D eigenvalue weighted by atomic mass is 10.0. The van der Waals surface area contributed by atoms with Gasteiger partial charge >= 0.3 is 0 Å². The van der Waals surface area contributed by atoms with Crippen LogP contribution in [0.15, 0.2) is 17.5 Å². The number of amides is 1. The van der Waals surface area contributed by atoms with Crippen molar-refractivity contribution in [2.24, 2.45) is 5.73 Å². The zero-order chi connectivity index (χ0) is 10.8. The van der Waals surface area contributed by atoms with Gasteiger partial charge in [0.15, 0.2) is 0 Å². The van der Waals surface area contributed by atoms with Gasteiger partial charge in [-0.05, 0) is 30.5 Å². The van der Waals surface area contributed by atoms with Crippen LogP contribution in [0.2, 0.25) is 0 Å². The Hall–Kier alpha value is -1.13. The molecular formula is C11H14N2OS. The predicted octanol–water partition coefficient (Wildman–Crippen LogP) is 1.57. The normalized spacial score (nSPS) is 17.5. The number of carbonyl (C=O) groups is 1. The van der Waals surface area contributed by atoms with Crippen molar-refractivity contribution in [2.45, 2.75) is 6.42 Å². The van der Waals surface area contributed by atoms with E-state index in [2.05, 4.69) is 18.0 Å². The monoisotopic (exact) mass is 222 g/mol. The minimum Gasteiger partial charge on any atom is -0.365 e. The zero-order valence-corrected chi connectivity index (χ0v) is 9.51. The van der Waals surface area contributed by atoms with Crippen molar-refractivity contribution in [1.29, 1.82) is 0 Å². The Morgan fingerprint density at radius 2 is 2.40 bits per heavy atom. The van der Waals surface area contributed by atoms with Crippen LogP contribution in [-0.4, -0.2) is 30.9 Å². The summed E-state index contributed by atoms with van der Waals surface area (Å²) < 4.78 is 0. The molecule has 0 unspecified atom stereocenters. The lowest BCUT2D eigenvalue weighted by Crippen LogP contribution is -2.24. The van der Waals surface area contributed by atoms with Crippen LogP contribution in [0.1, 0.15) is 21.7 Å². The average molecular weight is 222 g/mol. The molecular weight excluding hydrogens is 208 g/mol. The number of hydrogen-bond donors (Lipinski definition) is 1. The molecule has 1 aromatic rings. The fraction of sp³-hybridized carbons (Fsp3) is 0.364. The number of nitrogens with zero attached hydrogens (tertiary/aromatic N) is 1. The van der Waals surface area contributed by atoms with Crippen LogP contribution < -0.4 is 5.73 Å². The lowest BCUT2D eigenvalue weighted by Gasteiger charge is -2.21. The van der Waals surface area contributed by atoms with Gasteiger partial charge in [-0.3, -0.25) is 4.79 Å². The Morgan fingerprint density at radius 3 is 3.00 bits per heavy atom. The van der Waals surface area contributed by atoms with Gasteiger partial charge in [0.2, 0.25) is 0 Å². The Kier molecular flexibility index (Phi) is 2.88. The van der Waals surface area contributed by atoms with Gasteiger partial charge in [-0.15, -0.1) is 11.3 Å². The van der Waals surface area contributed by atoms with Gasteiger partial charge < -0.3 is 10.6 Å². The summed E-state index contributed by atoms with van der Waals surface area (Å²) in [7, 11) is 2.09. The van der Waals surface area contributed by atoms with Crippen LogP contribution in [0.3, 0.4) is 0 Å². The van der Waals surface area contributed by atoms with Gasteiger partial charge in [0.1, 0.15) is 0 Å². The molecule has 80 valence electrons. The van der Waals surface area contributed by atoms with Crippen molar-refractivity contribution in [2.75, 3.05) is 20.1 Å². The summed E-state index contributed by atoms with van der Waals surface area (Å²) in [6.07, 6.45) is 3.17. The number of nitrogens with two attached hydrogens (primary N) is 1. The second-order valence-electron chi connectivity index (χ2n) is 3.77. The van der Waals surface area contributed by atoms with Gasteiger partial charge in [-0.25, -0.2) is 0 Å². The summed E-state index contributed by atoms with van der Waals surface area (Å²) in [6, 6.07) is 1.99. The van der Waals surface area contributed by atoms with E-state index in [0.29, 0.717) is 4.88 Å². The van der Waals surface area contributed by atoms with Crippen LogP contribution >= 0.6 is 11.3 Å². The van der Waals surface area contributed by atoms with Crippen molar-refractivity contribution in [3.63, 3.8) is 0 Å². The number of primary amides is 1. The third-order valence-corrected chi connectivity index (χ3v) is 3.58. The highest BCUT2D eigenvalue weighted by Gasteiger charge is 2.16. The summed E-state index contributed by atoms with van der Waals surface area (Å²) >= 11 is 1.42. The minimum atomic E-state index is -0.320. The summed E-state index contributed by atoms with van der Waals surface area (Å²) in [5.41, 5.74) is 7.61. The van der Waals surface area contributed by atoms with Gasteiger partial charge in [-0.1, -0.05) is 6.08 Å². The second kappa shape index (κ2) is 4.16. The van der Waals surface area contributed by atoms with Crippen molar-refractivity contribution in [1.82, 2.24) is 4.90 Å². The van der Waals surface area contributed by atoms with E-state index in [9.17, 15) is 4.79 Å². The molecule has 0 aromatic carbocycles. The molecule has 0 fully saturated rings. The van der Waals surface area contributed by atoms with Crippen LogP contribution in [0.5, 0.6) is 0 Å². The Balaban J connectivity index is 2.30. The first-order valence-electron chi connectivity index (χ1n) is 4.93. The highest BCUT2D eigenvalue weighted by Crippen LogP contribution is 2.28. The van der Waals surface area contributed by atoms with Crippen molar-refractivity contribution < 1.29 is 4.79 Å². The Morgan fingerprint density at radius 1 is 1.60 bits per heavy atom. The molecule has 0 saturated carbocycles. The SMILES string of the molecule is CN1CC=C(c2ccsc2C(N)=O)CC1. The molecule has 0 saturated heterocycles. The van der Waals surface area contributed by atoms with E-state index in [1.165, 1.54) is 16.9 Å². The highest BCUT2D eigenvalue weighted by atomic mass is 32.1. The summed E-state index contributed by atoms with van der Waals surface area (Å²) in [4.78, 5) is 14.1. The standard InChI is InChI=1S/C11H14N2OS/c1-13-5-2-8(3-6-13)9-4-7-15-10(9)11(12)14/h2,4,7H,3,5-6H2,1H3,(H2,12,14). The molecule has 0 radical (unpaired) electrons. The molecule has 0 atom stereocenters. The van der Waals surface area contributed by atoms with Crippen LogP contribution in [0.4, 0.5) is 0 Å². The van der Waals surface area contributed by atoms with E-state index in [1.807, 2.05) is 11.4 Å². The van der Waals surface area contributed by atoms with Crippen molar-refractivity contribution in [3.8, 4) is 0 Å². The molecule has 0 spiro atoms. The molecule has 0 bridgehead atoms. The first kappa shape index (κ1) is 10.4. The molecule has 2 rings (SSSR count). The fourth-order valence-corrected chi connectivity index (χ4v) is 2.55.